The van der Waals surface area contributed by atoms with Crippen LogP contribution in [0, 0.1) is 45.0 Å². The van der Waals surface area contributed by atoms with Crippen molar-refractivity contribution in [2.45, 2.75) is 32.6 Å². The molecular formula is C9H14Cl2Ra. The van der Waals surface area contributed by atoms with E-state index in [1.54, 1.807) is 5.57 Å². The summed E-state index contributed by atoms with van der Waals surface area (Å²) in [6.45, 7) is 2.24. The van der Waals surface area contributed by atoms with Crippen molar-refractivity contribution < 1.29 is 69.8 Å². The molecule has 0 saturated heterocycles. The third-order valence-electron chi connectivity index (χ3n) is 1.70. The van der Waals surface area contributed by atoms with Gasteiger partial charge < -0.3 is 24.8 Å². The van der Waals surface area contributed by atoms with Gasteiger partial charge in [-0.1, -0.05) is 37.1 Å². The smallest absolute Gasteiger partial charge is 1.00 e. The Morgan fingerprint density at radius 2 is 2.00 bits per heavy atom. The molecular weight excluding hydrogens is 405 g/mol. The zero-order valence-electron chi connectivity index (χ0n) is 7.52. The van der Waals surface area contributed by atoms with Gasteiger partial charge in [0.2, 0.25) is 0 Å². The standard InChI is InChI=1S/C9H14.2ClH.Ra/c1-2-3-6-9-7-4-5-8-9;;;/h4-5,7H,2-3,6,8H2,1H3;2*1H;/q;;;+2/p-2. The summed E-state index contributed by atoms with van der Waals surface area (Å²) in [7, 11) is 0. The van der Waals surface area contributed by atoms with Crippen LogP contribution in [0.15, 0.2) is 23.8 Å². The summed E-state index contributed by atoms with van der Waals surface area (Å²) >= 11 is 0. The number of allylic oxidation sites excluding steroid dienone is 4. The van der Waals surface area contributed by atoms with Crippen LogP contribution in [0.4, 0.5) is 0 Å². The monoisotopic (exact) mass is 418 g/mol. The van der Waals surface area contributed by atoms with Crippen molar-refractivity contribution in [3.05, 3.63) is 23.8 Å². The van der Waals surface area contributed by atoms with Crippen LogP contribution in [0.5, 0.6) is 0 Å². The van der Waals surface area contributed by atoms with Gasteiger partial charge in [0.25, 0.3) is 0 Å². The molecule has 0 nitrogen and oxygen atoms in total. The number of hydrogen-bond acceptors (Lipinski definition) is 0. The van der Waals surface area contributed by atoms with Gasteiger partial charge in [-0.15, -0.1) is 0 Å². The quantitative estimate of drug-likeness (QED) is 0.460. The molecule has 0 unspecified atom stereocenters. The van der Waals surface area contributed by atoms with Gasteiger partial charge in [0.15, 0.2) is 0 Å². The van der Waals surface area contributed by atoms with Gasteiger partial charge in [-0.05, 0) is 19.3 Å². The van der Waals surface area contributed by atoms with Gasteiger partial charge >= 0.3 is 45.0 Å². The van der Waals surface area contributed by atoms with Crippen molar-refractivity contribution in [2.75, 3.05) is 0 Å². The average Bonchev–Trinajstić information content (AvgIpc) is 2.34. The summed E-state index contributed by atoms with van der Waals surface area (Å²) in [6, 6.07) is 0. The number of unbranched alkanes of at least 4 members (excludes halogenated alkanes) is 1. The molecule has 0 saturated carbocycles. The molecule has 12 heavy (non-hydrogen) atoms. The molecule has 0 fully saturated rings. The van der Waals surface area contributed by atoms with Gasteiger partial charge in [0, 0.05) is 0 Å². The van der Waals surface area contributed by atoms with Crippen LogP contribution in [-0.2, 0) is 0 Å². The van der Waals surface area contributed by atoms with E-state index in [9.17, 15) is 0 Å². The van der Waals surface area contributed by atoms with E-state index < -0.39 is 0 Å². The van der Waals surface area contributed by atoms with Crippen molar-refractivity contribution in [1.29, 1.82) is 0 Å². The van der Waals surface area contributed by atoms with E-state index in [2.05, 4.69) is 25.2 Å². The first-order valence-corrected chi connectivity index (χ1v) is 3.78. The van der Waals surface area contributed by atoms with E-state index in [0.29, 0.717) is 0 Å². The predicted octanol–water partition coefficient (Wildman–Crippen LogP) is -2.93. The topological polar surface area (TPSA) is 0 Å². The Bertz CT molecular complexity index is 141. The SMILES string of the molecule is CCCCC1=CC=CC1.[Cl-].[Cl-].[Ra+2]. The van der Waals surface area contributed by atoms with Crippen molar-refractivity contribution in [3.63, 3.8) is 0 Å². The minimum Gasteiger partial charge on any atom is -1.00 e. The molecule has 1 rings (SSSR count). The molecule has 0 heterocycles. The van der Waals surface area contributed by atoms with Crippen molar-refractivity contribution in [1.82, 2.24) is 0 Å². The molecule has 1 aliphatic rings. The minimum absolute atomic E-state index is 0. The maximum Gasteiger partial charge on any atom is 2.00 e. The first-order chi connectivity index (χ1) is 4.43. The Labute approximate surface area is 125 Å². The Kier molecular flexibility index (Phi) is 20.0. The average molecular weight is 419 g/mol. The molecule has 0 atom stereocenters. The summed E-state index contributed by atoms with van der Waals surface area (Å²) in [6.07, 6.45) is 11.8. The first kappa shape index (κ1) is 19.2. The van der Waals surface area contributed by atoms with Crippen LogP contribution in [0.2, 0.25) is 0 Å². The Morgan fingerprint density at radius 3 is 2.42 bits per heavy atom. The van der Waals surface area contributed by atoms with Crippen LogP contribution < -0.4 is 24.8 Å². The predicted molar refractivity (Wildman–Crippen MR) is 41.4 cm³/mol. The minimum atomic E-state index is 0. The Hall–Kier alpha value is 1.53. The van der Waals surface area contributed by atoms with Gasteiger partial charge in [-0.25, -0.2) is 0 Å². The normalized spacial score (nSPS) is 12.2. The van der Waals surface area contributed by atoms with Crippen LogP contribution in [0.1, 0.15) is 32.6 Å². The molecule has 0 amide bonds. The molecule has 0 N–H and O–H groups in total. The second-order valence-electron chi connectivity index (χ2n) is 2.56. The summed E-state index contributed by atoms with van der Waals surface area (Å²) in [4.78, 5) is 0. The summed E-state index contributed by atoms with van der Waals surface area (Å²) in [5, 5.41) is 0. The van der Waals surface area contributed by atoms with E-state index >= 15 is 0 Å². The third-order valence-corrected chi connectivity index (χ3v) is 1.70. The Morgan fingerprint density at radius 1 is 1.33 bits per heavy atom. The van der Waals surface area contributed by atoms with Gasteiger partial charge in [-0.2, -0.15) is 0 Å². The van der Waals surface area contributed by atoms with E-state index in [1.165, 1.54) is 25.7 Å². The van der Waals surface area contributed by atoms with Crippen molar-refractivity contribution in [2.24, 2.45) is 0 Å². The molecule has 0 aromatic heterocycles. The zero-order valence-corrected chi connectivity index (χ0v) is 14.8. The maximum absolute atomic E-state index is 2.25. The second-order valence-corrected chi connectivity index (χ2v) is 2.56. The summed E-state index contributed by atoms with van der Waals surface area (Å²) in [5.41, 5.74) is 1.61. The second kappa shape index (κ2) is 12.5. The first-order valence-electron chi connectivity index (χ1n) is 3.78. The molecule has 0 radical (unpaired) electrons. The van der Waals surface area contributed by atoms with Crippen LogP contribution >= 0.6 is 0 Å². The van der Waals surface area contributed by atoms with E-state index in [1.807, 2.05) is 0 Å². The molecule has 0 aromatic rings. The van der Waals surface area contributed by atoms with Crippen LogP contribution in [0.25, 0.3) is 0 Å². The van der Waals surface area contributed by atoms with Gasteiger partial charge in [0.1, 0.15) is 0 Å². The number of halogens is 2. The molecule has 1 aliphatic carbocycles. The molecule has 66 valence electrons. The summed E-state index contributed by atoms with van der Waals surface area (Å²) in [5.74, 6) is 0. The fourth-order valence-corrected chi connectivity index (χ4v) is 1.08. The zero-order chi connectivity index (χ0) is 6.53. The molecule has 0 aromatic carbocycles. The van der Waals surface area contributed by atoms with E-state index in [-0.39, 0.29) is 69.8 Å². The molecule has 0 spiro atoms. The molecule has 3 heteroatoms. The maximum atomic E-state index is 2.25. The molecule has 0 aliphatic heterocycles. The van der Waals surface area contributed by atoms with Crippen molar-refractivity contribution >= 4 is 0 Å². The third kappa shape index (κ3) is 8.14. The van der Waals surface area contributed by atoms with E-state index in [4.69, 9.17) is 0 Å². The summed E-state index contributed by atoms with van der Waals surface area (Å²) < 4.78 is 0. The van der Waals surface area contributed by atoms with Crippen LogP contribution in [0.3, 0.4) is 0 Å². The number of rotatable bonds is 3. The fourth-order valence-electron chi connectivity index (χ4n) is 1.08. The van der Waals surface area contributed by atoms with Crippen LogP contribution in [-0.4, -0.2) is 0 Å². The Balaban J connectivity index is -0.000000270. The molecule has 0 bridgehead atoms. The fraction of sp³-hybridized carbons (Fsp3) is 0.556. The van der Waals surface area contributed by atoms with Gasteiger partial charge in [-0.3, -0.25) is 0 Å². The van der Waals surface area contributed by atoms with Gasteiger partial charge in [0.05, 0.1) is 0 Å². The van der Waals surface area contributed by atoms with Crippen molar-refractivity contribution in [3.8, 4) is 0 Å². The largest absolute Gasteiger partial charge is 2.00 e. The number of hydrogen-bond donors (Lipinski definition) is 0. The van der Waals surface area contributed by atoms with E-state index in [0.717, 1.165) is 0 Å².